The highest BCUT2D eigenvalue weighted by molar-refractivity contribution is 6.34. The fraction of sp³-hybridized carbons (Fsp3) is 0.529. The molecular formula is C17H23ClN2O2. The van der Waals surface area contributed by atoms with Gasteiger partial charge < -0.3 is 10.6 Å². The van der Waals surface area contributed by atoms with Crippen LogP contribution in [0.1, 0.15) is 53.3 Å². The first-order valence-electron chi connectivity index (χ1n) is 7.81. The van der Waals surface area contributed by atoms with Crippen LogP contribution < -0.4 is 10.6 Å². The number of carbonyl (C=O) groups excluding carboxylic acids is 2. The van der Waals surface area contributed by atoms with E-state index in [2.05, 4.69) is 17.6 Å². The fourth-order valence-electron chi connectivity index (χ4n) is 3.25. The van der Waals surface area contributed by atoms with Crippen LogP contribution in [0.3, 0.4) is 0 Å². The van der Waals surface area contributed by atoms with Crippen molar-refractivity contribution in [2.75, 3.05) is 20.1 Å². The van der Waals surface area contributed by atoms with Crippen molar-refractivity contribution in [3.8, 4) is 0 Å². The quantitative estimate of drug-likeness (QED) is 0.819. The monoisotopic (exact) mass is 322 g/mol. The van der Waals surface area contributed by atoms with Crippen molar-refractivity contribution in [2.45, 2.75) is 32.6 Å². The number of carbonyl (C=O) groups is 2. The van der Waals surface area contributed by atoms with Gasteiger partial charge in [-0.1, -0.05) is 24.9 Å². The third kappa shape index (κ3) is 3.33. The summed E-state index contributed by atoms with van der Waals surface area (Å²) in [4.78, 5) is 24.9. The van der Waals surface area contributed by atoms with E-state index in [1.165, 1.54) is 0 Å². The van der Waals surface area contributed by atoms with E-state index in [1.54, 1.807) is 25.2 Å². The zero-order chi connectivity index (χ0) is 16.2. The van der Waals surface area contributed by atoms with Gasteiger partial charge in [-0.25, -0.2) is 0 Å². The Morgan fingerprint density at radius 3 is 2.77 bits per heavy atom. The molecule has 1 aromatic carbocycles. The molecule has 0 saturated carbocycles. The maximum absolute atomic E-state index is 13.1. The number of benzene rings is 1. The van der Waals surface area contributed by atoms with Crippen LogP contribution in [-0.2, 0) is 0 Å². The van der Waals surface area contributed by atoms with Gasteiger partial charge in [-0.2, -0.15) is 0 Å². The second-order valence-electron chi connectivity index (χ2n) is 5.91. The Morgan fingerprint density at radius 2 is 2.18 bits per heavy atom. The van der Waals surface area contributed by atoms with Gasteiger partial charge in [0.05, 0.1) is 10.6 Å². The molecule has 1 aliphatic rings. The van der Waals surface area contributed by atoms with Gasteiger partial charge in [-0.3, -0.25) is 9.59 Å². The van der Waals surface area contributed by atoms with E-state index in [0.717, 1.165) is 32.2 Å². The number of ketones is 1. The number of halogens is 1. The van der Waals surface area contributed by atoms with Crippen molar-refractivity contribution in [3.63, 3.8) is 0 Å². The summed E-state index contributed by atoms with van der Waals surface area (Å²) in [5.41, 5.74) is 0.562. The van der Waals surface area contributed by atoms with Gasteiger partial charge in [0, 0.05) is 24.6 Å². The van der Waals surface area contributed by atoms with Crippen molar-refractivity contribution >= 4 is 23.3 Å². The SMILES string of the molecule is CCCC1(C(=O)c2ccc(Cl)c(C(=O)NC)c2)CCCNC1. The van der Waals surface area contributed by atoms with Crippen molar-refractivity contribution < 1.29 is 9.59 Å². The lowest BCUT2D eigenvalue weighted by molar-refractivity contribution is 0.0718. The molecule has 0 spiro atoms. The second kappa shape index (κ2) is 7.25. The highest BCUT2D eigenvalue weighted by Crippen LogP contribution is 2.36. The van der Waals surface area contributed by atoms with E-state index in [9.17, 15) is 9.59 Å². The van der Waals surface area contributed by atoms with Crippen LogP contribution in [0, 0.1) is 5.41 Å². The molecule has 1 aromatic rings. The highest BCUT2D eigenvalue weighted by atomic mass is 35.5. The van der Waals surface area contributed by atoms with Crippen LogP contribution >= 0.6 is 11.6 Å². The zero-order valence-electron chi connectivity index (χ0n) is 13.2. The second-order valence-corrected chi connectivity index (χ2v) is 6.32. The third-order valence-electron chi connectivity index (χ3n) is 4.38. The minimum absolute atomic E-state index is 0.114. The van der Waals surface area contributed by atoms with Crippen LogP contribution in [0.5, 0.6) is 0 Å². The Labute approximate surface area is 136 Å². The summed E-state index contributed by atoms with van der Waals surface area (Å²) in [6.07, 6.45) is 3.71. The summed E-state index contributed by atoms with van der Waals surface area (Å²) in [6.45, 7) is 3.77. The minimum atomic E-state index is -0.360. The van der Waals surface area contributed by atoms with Crippen molar-refractivity contribution in [2.24, 2.45) is 5.41 Å². The summed E-state index contributed by atoms with van der Waals surface area (Å²) in [5.74, 6) is -0.158. The largest absolute Gasteiger partial charge is 0.355 e. The first-order chi connectivity index (χ1) is 10.5. The number of piperidine rings is 1. The molecule has 0 bridgehead atoms. The molecule has 2 N–H and O–H groups in total. The molecule has 1 aliphatic heterocycles. The van der Waals surface area contributed by atoms with Gasteiger partial charge in [-0.05, 0) is 44.0 Å². The lowest BCUT2D eigenvalue weighted by Gasteiger charge is -2.36. The zero-order valence-corrected chi connectivity index (χ0v) is 13.9. The number of amides is 1. The van der Waals surface area contributed by atoms with E-state index in [4.69, 9.17) is 11.6 Å². The molecular weight excluding hydrogens is 300 g/mol. The summed E-state index contributed by atoms with van der Waals surface area (Å²) in [6, 6.07) is 4.98. The first kappa shape index (κ1) is 17.0. The van der Waals surface area contributed by atoms with Gasteiger partial charge in [0.1, 0.15) is 0 Å². The number of nitrogens with one attached hydrogen (secondary N) is 2. The number of hydrogen-bond acceptors (Lipinski definition) is 3. The number of Topliss-reactive ketones (excluding diaryl/α,β-unsaturated/α-hetero) is 1. The summed E-state index contributed by atoms with van der Waals surface area (Å²) in [5, 5.41) is 6.26. The van der Waals surface area contributed by atoms with Gasteiger partial charge >= 0.3 is 0 Å². The van der Waals surface area contributed by atoms with Crippen LogP contribution in [0.15, 0.2) is 18.2 Å². The first-order valence-corrected chi connectivity index (χ1v) is 8.19. The predicted octanol–water partition coefficient (Wildman–Crippen LogP) is 3.05. The average molecular weight is 323 g/mol. The smallest absolute Gasteiger partial charge is 0.252 e. The maximum Gasteiger partial charge on any atom is 0.252 e. The van der Waals surface area contributed by atoms with Gasteiger partial charge in [0.2, 0.25) is 0 Å². The Balaban J connectivity index is 2.36. The molecule has 0 aromatic heterocycles. The summed E-state index contributed by atoms with van der Waals surface area (Å²) >= 11 is 6.07. The van der Waals surface area contributed by atoms with E-state index in [1.807, 2.05) is 0 Å². The van der Waals surface area contributed by atoms with Crippen molar-refractivity contribution in [3.05, 3.63) is 34.3 Å². The van der Waals surface area contributed by atoms with E-state index < -0.39 is 0 Å². The Bertz CT molecular complexity index is 560. The minimum Gasteiger partial charge on any atom is -0.355 e. The molecule has 1 unspecified atom stereocenters. The molecule has 1 atom stereocenters. The van der Waals surface area contributed by atoms with Crippen LogP contribution in [-0.4, -0.2) is 31.8 Å². The third-order valence-corrected chi connectivity index (χ3v) is 4.71. The molecule has 1 fully saturated rings. The maximum atomic E-state index is 13.1. The average Bonchev–Trinajstić information content (AvgIpc) is 2.55. The van der Waals surface area contributed by atoms with Crippen LogP contribution in [0.25, 0.3) is 0 Å². The van der Waals surface area contributed by atoms with E-state index in [-0.39, 0.29) is 17.1 Å². The molecule has 1 saturated heterocycles. The lowest BCUT2D eigenvalue weighted by Crippen LogP contribution is -2.45. The standard InChI is InChI=1S/C17H23ClN2O2/c1-3-7-17(8-4-9-20-11-17)15(21)12-5-6-14(18)13(10-12)16(22)19-2/h5-6,10,20H,3-4,7-9,11H2,1-2H3,(H,19,22). The van der Waals surface area contributed by atoms with Crippen molar-refractivity contribution in [1.29, 1.82) is 0 Å². The molecule has 22 heavy (non-hydrogen) atoms. The van der Waals surface area contributed by atoms with Gasteiger partial charge in [0.25, 0.3) is 5.91 Å². The molecule has 4 nitrogen and oxygen atoms in total. The fourth-order valence-corrected chi connectivity index (χ4v) is 3.45. The highest BCUT2D eigenvalue weighted by Gasteiger charge is 2.39. The van der Waals surface area contributed by atoms with Crippen LogP contribution in [0.2, 0.25) is 5.02 Å². The van der Waals surface area contributed by atoms with E-state index in [0.29, 0.717) is 22.7 Å². The predicted molar refractivity (Wildman–Crippen MR) is 88.6 cm³/mol. The van der Waals surface area contributed by atoms with E-state index >= 15 is 0 Å². The number of rotatable bonds is 5. The van der Waals surface area contributed by atoms with Crippen LogP contribution in [0.4, 0.5) is 0 Å². The molecule has 2 rings (SSSR count). The summed E-state index contributed by atoms with van der Waals surface area (Å²) in [7, 11) is 1.55. The molecule has 0 radical (unpaired) electrons. The Kier molecular flexibility index (Phi) is 5.59. The number of hydrogen-bond donors (Lipinski definition) is 2. The lowest BCUT2D eigenvalue weighted by atomic mass is 9.71. The molecule has 5 heteroatoms. The molecule has 1 amide bonds. The Morgan fingerprint density at radius 1 is 1.41 bits per heavy atom. The van der Waals surface area contributed by atoms with Gasteiger partial charge in [-0.15, -0.1) is 0 Å². The molecule has 120 valence electrons. The van der Waals surface area contributed by atoms with Crippen molar-refractivity contribution in [1.82, 2.24) is 10.6 Å². The molecule has 0 aliphatic carbocycles. The molecule has 1 heterocycles. The van der Waals surface area contributed by atoms with Gasteiger partial charge in [0.15, 0.2) is 5.78 Å². The Hall–Kier alpha value is -1.39. The normalized spacial score (nSPS) is 21.4. The summed E-state index contributed by atoms with van der Waals surface area (Å²) < 4.78 is 0. The topological polar surface area (TPSA) is 58.2 Å².